The number of hydrogen-bond donors (Lipinski definition) is 2. The van der Waals surface area contributed by atoms with Gasteiger partial charge in [0, 0.05) is 35.7 Å². The molecule has 13 nitrogen and oxygen atoms in total. The van der Waals surface area contributed by atoms with Crippen molar-refractivity contribution in [2.45, 2.75) is 83.6 Å². The number of sulfonamides is 1. The molecule has 6 rings (SSSR count). The number of benzene rings is 2. The van der Waals surface area contributed by atoms with Crippen molar-refractivity contribution in [1.29, 1.82) is 0 Å². The third kappa shape index (κ3) is 8.13. The summed E-state index contributed by atoms with van der Waals surface area (Å²) in [5.41, 5.74) is 1.67. The quantitative estimate of drug-likeness (QED) is 0.372. The van der Waals surface area contributed by atoms with Crippen LogP contribution in [0, 0.1) is 19.3 Å². The molecule has 0 radical (unpaired) electrons. The molecular weight excluding hydrogens is 673 g/mol. The molecule has 0 saturated carbocycles. The van der Waals surface area contributed by atoms with Gasteiger partial charge in [-0.3, -0.25) is 9.69 Å². The van der Waals surface area contributed by atoms with Crippen molar-refractivity contribution >= 4 is 28.0 Å². The number of ether oxygens (including phenoxy) is 3. The van der Waals surface area contributed by atoms with Crippen LogP contribution in [0.3, 0.4) is 0 Å². The van der Waals surface area contributed by atoms with E-state index in [9.17, 15) is 18.0 Å². The molecule has 2 N–H and O–H groups in total. The van der Waals surface area contributed by atoms with Crippen molar-refractivity contribution in [2.24, 2.45) is 5.41 Å². The molecule has 1 spiro atoms. The summed E-state index contributed by atoms with van der Waals surface area (Å²) in [6.07, 6.45) is 0.970. The van der Waals surface area contributed by atoms with Crippen LogP contribution in [0.15, 0.2) is 53.4 Å². The average molecular weight is 721 g/mol. The fraction of sp³-hybridized carbons (Fsp3) is 0.514. The summed E-state index contributed by atoms with van der Waals surface area (Å²) in [5.74, 6) is -0.286. The van der Waals surface area contributed by atoms with Crippen molar-refractivity contribution in [3.05, 3.63) is 65.2 Å². The summed E-state index contributed by atoms with van der Waals surface area (Å²) in [6, 6.07) is 13.4. The Morgan fingerprint density at radius 2 is 1.73 bits per heavy atom. The molecule has 2 aromatic carbocycles. The topological polar surface area (TPSA) is 152 Å². The molecule has 0 aliphatic carbocycles. The second kappa shape index (κ2) is 13.7. The number of anilines is 1. The maximum absolute atomic E-state index is 13.5. The van der Waals surface area contributed by atoms with Gasteiger partial charge in [-0.15, -0.1) is 0 Å². The number of fused-ring (bicyclic) bond motifs is 4. The molecule has 1 atom stereocenters. The third-order valence-electron chi connectivity index (χ3n) is 9.77. The number of likely N-dealkylation sites (tertiary alicyclic amines) is 1. The Bertz CT molecular complexity index is 1900. The van der Waals surface area contributed by atoms with Crippen LogP contribution in [0.25, 0.3) is 11.3 Å². The monoisotopic (exact) mass is 720 g/mol. The van der Waals surface area contributed by atoms with Crippen LogP contribution in [0.5, 0.6) is 5.88 Å². The van der Waals surface area contributed by atoms with E-state index in [1.807, 2.05) is 66.7 Å². The normalized spacial score (nSPS) is 21.6. The van der Waals surface area contributed by atoms with E-state index in [1.165, 1.54) is 12.1 Å². The SMILES string of the molecule is Cc1cccc(C)c1-c1cc2nc(n1)NS(=O)(=O)c1cccc(c1)C(=O)NCC1(CCN(C[C@H]3COC(C)(C)N3C(=O)OC(C)(C)C)CC1)CO2. The highest BCUT2D eigenvalue weighted by molar-refractivity contribution is 7.92. The minimum atomic E-state index is -4.14. The summed E-state index contributed by atoms with van der Waals surface area (Å²) in [5, 5.41) is 3.06. The number of amides is 2. The van der Waals surface area contributed by atoms with Crippen LogP contribution >= 0.6 is 0 Å². The average Bonchev–Trinajstić information content (AvgIpc) is 3.35. The first-order chi connectivity index (χ1) is 23.9. The van der Waals surface area contributed by atoms with Crippen molar-refractivity contribution in [3.8, 4) is 17.1 Å². The maximum Gasteiger partial charge on any atom is 0.412 e. The first-order valence-corrected chi connectivity index (χ1v) is 18.8. The van der Waals surface area contributed by atoms with E-state index in [-0.39, 0.29) is 40.8 Å². The molecule has 2 saturated heterocycles. The number of aromatic nitrogens is 2. The standard InChI is InChI=1S/C37H48N6O7S/c1-24-10-8-11-25(2)31(24)29-19-30-40-33(39-29)41-51(46,47)28-13-9-12-26(18-28)32(44)38-22-37(23-48-30)14-16-42(17-15-37)20-27-21-49-36(6,7)43(27)34(45)50-35(3,4)5/h8-13,18-19,27H,14-17,20-23H2,1-7H3,(H,38,44)(H,39,40,41)/t27-/m0/s1. The summed E-state index contributed by atoms with van der Waals surface area (Å²) >= 11 is 0. The Morgan fingerprint density at radius 3 is 2.41 bits per heavy atom. The van der Waals surface area contributed by atoms with Crippen molar-refractivity contribution in [1.82, 2.24) is 25.1 Å². The van der Waals surface area contributed by atoms with E-state index < -0.39 is 32.9 Å². The van der Waals surface area contributed by atoms with Gasteiger partial charge in [0.05, 0.1) is 29.8 Å². The Morgan fingerprint density at radius 1 is 1.04 bits per heavy atom. The highest BCUT2D eigenvalue weighted by atomic mass is 32.2. The van der Waals surface area contributed by atoms with Gasteiger partial charge in [0.1, 0.15) is 11.3 Å². The third-order valence-corrected chi connectivity index (χ3v) is 11.1. The van der Waals surface area contributed by atoms with Crippen LogP contribution in [0.4, 0.5) is 10.7 Å². The Balaban J connectivity index is 1.28. The Hall–Kier alpha value is -4.27. The molecule has 2 amide bonds. The fourth-order valence-corrected chi connectivity index (χ4v) is 8.04. The van der Waals surface area contributed by atoms with Gasteiger partial charge < -0.3 is 24.4 Å². The molecule has 2 fully saturated rings. The van der Waals surface area contributed by atoms with Gasteiger partial charge in [-0.05, 0) is 104 Å². The number of carbonyl (C=O) groups is 2. The van der Waals surface area contributed by atoms with Gasteiger partial charge in [-0.2, -0.15) is 4.98 Å². The van der Waals surface area contributed by atoms with E-state index in [0.29, 0.717) is 51.3 Å². The molecule has 3 aliphatic rings. The zero-order chi connectivity index (χ0) is 36.8. The maximum atomic E-state index is 13.5. The molecule has 274 valence electrons. The van der Waals surface area contributed by atoms with E-state index in [4.69, 9.17) is 14.2 Å². The summed E-state index contributed by atoms with van der Waals surface area (Å²) < 4.78 is 47.7. The highest BCUT2D eigenvalue weighted by Gasteiger charge is 2.47. The number of carbonyl (C=O) groups excluding carboxylic acids is 2. The van der Waals surface area contributed by atoms with Crippen molar-refractivity contribution in [2.75, 3.05) is 44.1 Å². The first-order valence-electron chi connectivity index (χ1n) is 17.3. The molecule has 14 heteroatoms. The molecule has 1 aromatic heterocycles. The van der Waals surface area contributed by atoms with E-state index in [2.05, 4.69) is 24.9 Å². The highest BCUT2D eigenvalue weighted by Crippen LogP contribution is 2.36. The summed E-state index contributed by atoms with van der Waals surface area (Å²) in [4.78, 5) is 39.7. The van der Waals surface area contributed by atoms with Crippen molar-refractivity contribution < 1.29 is 32.2 Å². The fourth-order valence-electron chi connectivity index (χ4n) is 7.05. The molecule has 51 heavy (non-hydrogen) atoms. The molecule has 4 heterocycles. The van der Waals surface area contributed by atoms with Crippen LogP contribution in [-0.4, -0.2) is 96.9 Å². The van der Waals surface area contributed by atoms with Crippen LogP contribution in [0.1, 0.15) is 68.9 Å². The van der Waals surface area contributed by atoms with E-state index in [1.54, 1.807) is 23.1 Å². The lowest BCUT2D eigenvalue weighted by Gasteiger charge is -2.43. The van der Waals surface area contributed by atoms with Gasteiger partial charge in [0.2, 0.25) is 11.8 Å². The minimum Gasteiger partial charge on any atom is -0.477 e. The lowest BCUT2D eigenvalue weighted by atomic mass is 9.78. The minimum absolute atomic E-state index is 0.0849. The Kier molecular flexibility index (Phi) is 9.81. The number of rotatable bonds is 3. The molecule has 3 aliphatic heterocycles. The predicted molar refractivity (Wildman–Crippen MR) is 192 cm³/mol. The molecule has 4 bridgehead atoms. The zero-order valence-electron chi connectivity index (χ0n) is 30.4. The van der Waals surface area contributed by atoms with Crippen molar-refractivity contribution in [3.63, 3.8) is 0 Å². The Labute approximate surface area is 300 Å². The number of nitrogens with zero attached hydrogens (tertiary/aromatic N) is 4. The predicted octanol–water partition coefficient (Wildman–Crippen LogP) is 5.14. The van der Waals surface area contributed by atoms with Gasteiger partial charge in [0.25, 0.3) is 15.9 Å². The van der Waals surface area contributed by atoms with Crippen LogP contribution in [0.2, 0.25) is 0 Å². The lowest BCUT2D eigenvalue weighted by molar-refractivity contribution is -0.0639. The second-order valence-corrected chi connectivity index (χ2v) is 17.0. The zero-order valence-corrected chi connectivity index (χ0v) is 31.2. The largest absolute Gasteiger partial charge is 0.477 e. The number of piperidine rings is 1. The second-order valence-electron chi connectivity index (χ2n) is 15.3. The van der Waals surface area contributed by atoms with Crippen LogP contribution in [-0.2, 0) is 19.5 Å². The van der Waals surface area contributed by atoms with E-state index >= 15 is 0 Å². The van der Waals surface area contributed by atoms with Gasteiger partial charge in [-0.1, -0.05) is 24.3 Å². The molecule has 0 unspecified atom stereocenters. The summed E-state index contributed by atoms with van der Waals surface area (Å²) in [7, 11) is -4.14. The number of hydrogen-bond acceptors (Lipinski definition) is 10. The summed E-state index contributed by atoms with van der Waals surface area (Å²) in [6.45, 7) is 16.2. The number of aryl methyl sites for hydroxylation is 2. The van der Waals surface area contributed by atoms with Gasteiger partial charge >= 0.3 is 6.09 Å². The molecular formula is C37H48N6O7S. The molecule has 3 aromatic rings. The van der Waals surface area contributed by atoms with Gasteiger partial charge in [-0.25, -0.2) is 22.9 Å². The van der Waals surface area contributed by atoms with Crippen LogP contribution < -0.4 is 14.8 Å². The lowest BCUT2D eigenvalue weighted by Crippen LogP contribution is -2.55. The van der Waals surface area contributed by atoms with Gasteiger partial charge in [0.15, 0.2) is 0 Å². The number of nitrogens with one attached hydrogen (secondary N) is 2. The van der Waals surface area contributed by atoms with E-state index in [0.717, 1.165) is 16.7 Å². The first kappa shape index (κ1) is 36.5. The smallest absolute Gasteiger partial charge is 0.412 e.